The Morgan fingerprint density at radius 3 is 1.79 bits per heavy atom. The highest BCUT2D eigenvalue weighted by molar-refractivity contribution is 5.80. The molecule has 0 radical (unpaired) electrons. The zero-order chi connectivity index (χ0) is 25.0. The van der Waals surface area contributed by atoms with E-state index in [0.717, 1.165) is 23.2 Å². The Balaban J connectivity index is 0.000000266. The summed E-state index contributed by atoms with van der Waals surface area (Å²) in [6, 6.07) is 7.54. The molecule has 34 heavy (non-hydrogen) atoms. The summed E-state index contributed by atoms with van der Waals surface area (Å²) in [7, 11) is 0. The van der Waals surface area contributed by atoms with Gasteiger partial charge in [-0.1, -0.05) is 62.8 Å². The van der Waals surface area contributed by atoms with Crippen molar-refractivity contribution in [1.82, 2.24) is 10.6 Å². The van der Waals surface area contributed by atoms with Crippen molar-refractivity contribution in [2.45, 2.75) is 122 Å². The number of ether oxygens (including phenoxy) is 1. The summed E-state index contributed by atoms with van der Waals surface area (Å²) in [5, 5.41) is 24.3. The molecule has 0 bridgehead atoms. The molecule has 0 unspecified atom stereocenters. The quantitative estimate of drug-likeness (QED) is 0.444. The minimum absolute atomic E-state index is 0.0706. The first-order valence-electron chi connectivity index (χ1n) is 12.8. The average Bonchev–Trinajstić information content (AvgIpc) is 2.80. The van der Waals surface area contributed by atoms with Crippen LogP contribution in [0.25, 0.3) is 0 Å². The van der Waals surface area contributed by atoms with Crippen LogP contribution in [0.5, 0.6) is 0 Å². The molecule has 1 atom stereocenters. The lowest BCUT2D eigenvalue weighted by molar-refractivity contribution is -0.139. The van der Waals surface area contributed by atoms with E-state index >= 15 is 0 Å². The van der Waals surface area contributed by atoms with Gasteiger partial charge in [0.1, 0.15) is 11.6 Å². The Bertz CT molecular complexity index is 716. The first kappa shape index (κ1) is 28.1. The van der Waals surface area contributed by atoms with Crippen LogP contribution in [0.3, 0.4) is 0 Å². The minimum Gasteiger partial charge on any atom is -0.480 e. The van der Waals surface area contributed by atoms with Crippen molar-refractivity contribution in [3.63, 3.8) is 0 Å². The van der Waals surface area contributed by atoms with Gasteiger partial charge in [0, 0.05) is 18.5 Å². The van der Waals surface area contributed by atoms with Crippen LogP contribution in [0.4, 0.5) is 4.79 Å². The summed E-state index contributed by atoms with van der Waals surface area (Å²) in [5.41, 5.74) is 0.803. The molecule has 4 N–H and O–H groups in total. The van der Waals surface area contributed by atoms with Crippen molar-refractivity contribution >= 4 is 12.1 Å². The number of carboxylic acid groups (broad SMARTS) is 1. The maximum Gasteiger partial charge on any atom is 0.408 e. The van der Waals surface area contributed by atoms with Crippen molar-refractivity contribution in [3.05, 3.63) is 35.4 Å². The molecular formula is C27H44N2O5. The first-order chi connectivity index (χ1) is 16.2. The van der Waals surface area contributed by atoms with Gasteiger partial charge in [-0.3, -0.25) is 0 Å². The number of carbonyl (C=O) groups excluding carboxylic acids is 1. The first-order valence-corrected chi connectivity index (χ1v) is 12.8. The number of aliphatic hydroxyl groups excluding tert-OH is 1. The van der Waals surface area contributed by atoms with Gasteiger partial charge < -0.3 is 25.6 Å². The van der Waals surface area contributed by atoms with Gasteiger partial charge in [0.25, 0.3) is 0 Å². The van der Waals surface area contributed by atoms with Gasteiger partial charge in [0.2, 0.25) is 0 Å². The number of aliphatic hydroxyl groups is 1. The van der Waals surface area contributed by atoms with Crippen LogP contribution in [0.2, 0.25) is 0 Å². The second-order valence-electron chi connectivity index (χ2n) is 10.6. The van der Waals surface area contributed by atoms with Crippen LogP contribution in [0, 0.1) is 0 Å². The molecule has 1 aromatic carbocycles. The predicted molar refractivity (Wildman–Crippen MR) is 134 cm³/mol. The number of aliphatic carboxylic acids is 1. The number of amides is 1. The monoisotopic (exact) mass is 476 g/mol. The molecule has 7 heteroatoms. The number of nitrogens with one attached hydrogen (secondary N) is 2. The Kier molecular flexibility index (Phi) is 11.8. The number of hydrogen-bond donors (Lipinski definition) is 4. The lowest BCUT2D eigenvalue weighted by Crippen LogP contribution is -2.44. The van der Waals surface area contributed by atoms with E-state index in [4.69, 9.17) is 9.84 Å². The molecule has 7 nitrogen and oxygen atoms in total. The Hall–Kier alpha value is -2.12. The molecule has 0 saturated heterocycles. The molecule has 0 aliphatic heterocycles. The third kappa shape index (κ3) is 11.3. The van der Waals surface area contributed by atoms with Crippen molar-refractivity contribution in [1.29, 1.82) is 0 Å². The second-order valence-corrected chi connectivity index (χ2v) is 10.6. The number of alkyl carbamates (subject to hydrolysis) is 1. The highest BCUT2D eigenvalue weighted by Crippen LogP contribution is 2.22. The Labute approximate surface area is 204 Å². The van der Waals surface area contributed by atoms with Crippen LogP contribution in [-0.4, -0.2) is 46.0 Å². The number of benzene rings is 1. The van der Waals surface area contributed by atoms with Crippen molar-refractivity contribution in [2.75, 3.05) is 0 Å². The standard InChI is InChI=1S/C15H21NO5.C12H23N/c1-15(2,3)21-14(20)16-12(13(18)19)8-10-4-6-11(9-17)7-5-10;1-3-7-11(8-4-1)13-12-9-5-2-6-10-12/h4-7,12,17H,8-9H2,1-3H3,(H,16,20)(H,18,19);11-13H,1-10H2/t12-;/m0./s1. The van der Waals surface area contributed by atoms with Gasteiger partial charge in [-0.25, -0.2) is 9.59 Å². The lowest BCUT2D eigenvalue weighted by Gasteiger charge is -2.30. The Morgan fingerprint density at radius 1 is 0.912 bits per heavy atom. The van der Waals surface area contributed by atoms with E-state index in [1.165, 1.54) is 64.2 Å². The van der Waals surface area contributed by atoms with Crippen molar-refractivity contribution < 1.29 is 24.5 Å². The van der Waals surface area contributed by atoms with Gasteiger partial charge in [0.15, 0.2) is 0 Å². The van der Waals surface area contributed by atoms with E-state index in [0.29, 0.717) is 0 Å². The summed E-state index contributed by atoms with van der Waals surface area (Å²) in [5.74, 6) is -1.13. The van der Waals surface area contributed by atoms with Crippen molar-refractivity contribution in [3.8, 4) is 0 Å². The molecule has 1 aromatic rings. The Morgan fingerprint density at radius 2 is 1.38 bits per heavy atom. The van der Waals surface area contributed by atoms with Crippen LogP contribution in [-0.2, 0) is 22.6 Å². The lowest BCUT2D eigenvalue weighted by atomic mass is 9.91. The predicted octanol–water partition coefficient (Wildman–Crippen LogP) is 4.94. The van der Waals surface area contributed by atoms with Crippen LogP contribution in [0.1, 0.15) is 96.1 Å². The highest BCUT2D eigenvalue weighted by Gasteiger charge is 2.24. The van der Waals surface area contributed by atoms with E-state index in [1.54, 1.807) is 45.0 Å². The zero-order valence-electron chi connectivity index (χ0n) is 21.1. The largest absolute Gasteiger partial charge is 0.480 e. The summed E-state index contributed by atoms with van der Waals surface area (Å²) in [6.45, 7) is 5.04. The molecule has 0 heterocycles. The topological polar surface area (TPSA) is 108 Å². The maximum atomic E-state index is 11.6. The normalized spacial score (nSPS) is 18.4. The van der Waals surface area contributed by atoms with Crippen molar-refractivity contribution in [2.24, 2.45) is 0 Å². The van der Waals surface area contributed by atoms with Crippen LogP contribution < -0.4 is 10.6 Å². The molecule has 1 amide bonds. The number of hydrogen-bond acceptors (Lipinski definition) is 5. The maximum absolute atomic E-state index is 11.6. The van der Waals surface area contributed by atoms with Crippen LogP contribution >= 0.6 is 0 Å². The molecule has 3 rings (SSSR count). The second kappa shape index (κ2) is 14.3. The minimum atomic E-state index is -1.13. The molecule has 192 valence electrons. The van der Waals surface area contributed by atoms with E-state index in [9.17, 15) is 14.7 Å². The van der Waals surface area contributed by atoms with E-state index in [-0.39, 0.29) is 13.0 Å². The molecule has 2 aliphatic carbocycles. The molecule has 2 saturated carbocycles. The fourth-order valence-electron chi connectivity index (χ4n) is 4.54. The zero-order valence-corrected chi connectivity index (χ0v) is 21.1. The average molecular weight is 477 g/mol. The SMILES string of the molecule is C1CCC(NC2CCCCC2)CC1.CC(C)(C)OC(=O)N[C@@H](Cc1ccc(CO)cc1)C(=O)O. The highest BCUT2D eigenvalue weighted by atomic mass is 16.6. The molecule has 2 fully saturated rings. The van der Waals surface area contributed by atoms with Gasteiger partial charge in [-0.2, -0.15) is 0 Å². The number of carbonyl (C=O) groups is 2. The summed E-state index contributed by atoms with van der Waals surface area (Å²) >= 11 is 0. The van der Waals surface area contributed by atoms with E-state index in [1.807, 2.05) is 0 Å². The molecule has 0 spiro atoms. The van der Waals surface area contributed by atoms with Gasteiger partial charge >= 0.3 is 12.1 Å². The van der Waals surface area contributed by atoms with Crippen LogP contribution in [0.15, 0.2) is 24.3 Å². The number of rotatable bonds is 7. The third-order valence-corrected chi connectivity index (χ3v) is 6.32. The van der Waals surface area contributed by atoms with Gasteiger partial charge in [-0.05, 0) is 57.6 Å². The van der Waals surface area contributed by atoms with Gasteiger partial charge in [0.05, 0.1) is 6.61 Å². The number of carboxylic acids is 1. The molecule has 0 aromatic heterocycles. The molecule has 2 aliphatic rings. The summed E-state index contributed by atoms with van der Waals surface area (Å²) in [6.07, 6.45) is 13.9. The van der Waals surface area contributed by atoms with Gasteiger partial charge in [-0.15, -0.1) is 0 Å². The van der Waals surface area contributed by atoms with E-state index < -0.39 is 23.7 Å². The summed E-state index contributed by atoms with van der Waals surface area (Å²) < 4.78 is 5.05. The smallest absolute Gasteiger partial charge is 0.408 e. The fraction of sp³-hybridized carbons (Fsp3) is 0.704. The molecular weight excluding hydrogens is 432 g/mol. The fourth-order valence-corrected chi connectivity index (χ4v) is 4.54. The van der Waals surface area contributed by atoms with E-state index in [2.05, 4.69) is 10.6 Å². The summed E-state index contributed by atoms with van der Waals surface area (Å²) in [4.78, 5) is 22.9. The third-order valence-electron chi connectivity index (χ3n) is 6.32.